The number of allylic oxidation sites excluding steroid dienone is 2. The number of hydrogen-bond acceptors (Lipinski definition) is 13. The number of furan rings is 2. The third kappa shape index (κ3) is 16.6. The van der Waals surface area contributed by atoms with Crippen LogP contribution in [0.2, 0.25) is 0 Å². The van der Waals surface area contributed by atoms with E-state index >= 15 is 0 Å². The summed E-state index contributed by atoms with van der Waals surface area (Å²) in [5, 5.41) is 13.7. The number of amides is 1. The number of anilines is 2. The Kier molecular flexibility index (Phi) is 19.4. The highest BCUT2D eigenvalue weighted by Gasteiger charge is 2.42. The molecule has 6 N–H and O–H groups in total. The van der Waals surface area contributed by atoms with Crippen molar-refractivity contribution in [3.05, 3.63) is 167 Å². The van der Waals surface area contributed by atoms with E-state index in [1.54, 1.807) is 67.0 Å². The Balaban J connectivity index is 0.000000189. The zero-order valence-electron chi connectivity index (χ0n) is 45.4. The van der Waals surface area contributed by atoms with Gasteiger partial charge in [-0.15, -0.1) is 0 Å². The molecule has 10 rings (SSSR count). The molecule has 83 heavy (non-hydrogen) atoms. The number of rotatable bonds is 14. The van der Waals surface area contributed by atoms with Gasteiger partial charge in [-0.05, 0) is 184 Å². The second-order valence-electron chi connectivity index (χ2n) is 20.3. The smallest absolute Gasteiger partial charge is 0.391 e. The molecule has 15 nitrogen and oxygen atoms in total. The van der Waals surface area contributed by atoms with E-state index in [0.717, 1.165) is 61.1 Å². The van der Waals surface area contributed by atoms with Crippen LogP contribution in [0.1, 0.15) is 93.0 Å². The van der Waals surface area contributed by atoms with Crippen LogP contribution in [-0.4, -0.2) is 91.9 Å². The van der Waals surface area contributed by atoms with Gasteiger partial charge in [0, 0.05) is 85.5 Å². The van der Waals surface area contributed by atoms with Crippen LogP contribution >= 0.6 is 0 Å². The summed E-state index contributed by atoms with van der Waals surface area (Å²) < 4.78 is 86.6. The van der Waals surface area contributed by atoms with Crippen LogP contribution in [0.25, 0.3) is 56.6 Å². The topological polar surface area (TPSA) is 234 Å². The number of aryl methyl sites for hydroxylation is 4. The number of nitrogens with two attached hydrogens (primary N) is 2. The normalized spacial score (nSPS) is 14.4. The fourth-order valence-corrected chi connectivity index (χ4v) is 9.50. The van der Waals surface area contributed by atoms with Crippen molar-refractivity contribution in [3.8, 4) is 22.5 Å². The second kappa shape index (κ2) is 26.7. The molecule has 8 aromatic rings. The monoisotopic (exact) mass is 1140 g/mol. The zero-order valence-corrected chi connectivity index (χ0v) is 45.4. The fourth-order valence-electron chi connectivity index (χ4n) is 9.50. The number of ketones is 2. The van der Waals surface area contributed by atoms with Gasteiger partial charge in [0.1, 0.15) is 34.3 Å². The molecule has 2 saturated heterocycles. The van der Waals surface area contributed by atoms with E-state index in [1.807, 2.05) is 50.2 Å². The summed E-state index contributed by atoms with van der Waals surface area (Å²) in [4.78, 5) is 66.6. The number of carbonyl (C=O) groups excluding carboxylic acids is 3. The van der Waals surface area contributed by atoms with E-state index in [1.165, 1.54) is 35.5 Å². The average molecular weight is 1140 g/mol. The minimum atomic E-state index is -4.22. The number of pyridine rings is 4. The first-order valence-electron chi connectivity index (χ1n) is 26.8. The number of carboxylic acid groups (broad SMARTS) is 1. The van der Waals surface area contributed by atoms with Crippen molar-refractivity contribution in [2.24, 2.45) is 11.8 Å². The molecule has 0 bridgehead atoms. The molecule has 0 aliphatic carbocycles. The molecule has 0 atom stereocenters. The Morgan fingerprint density at radius 3 is 1.43 bits per heavy atom. The molecule has 8 heterocycles. The van der Waals surface area contributed by atoms with Gasteiger partial charge in [0.2, 0.25) is 0 Å². The van der Waals surface area contributed by atoms with E-state index in [-0.39, 0.29) is 68.2 Å². The fraction of sp³-hybridized carbons (Fsp3) is 0.290. The molecule has 0 radical (unpaired) electrons. The summed E-state index contributed by atoms with van der Waals surface area (Å²) in [5.74, 6) is -1.52. The minimum Gasteiger partial charge on any atom is -0.478 e. The summed E-state index contributed by atoms with van der Waals surface area (Å²) in [6.45, 7) is 5.03. The highest BCUT2D eigenvalue weighted by atomic mass is 19.4. The molecule has 0 spiro atoms. The Hall–Kier alpha value is -8.98. The minimum absolute atomic E-state index is 0.0117. The standard InChI is InChI=1S/C31H29F3N4O3.C25H21N3O4.C6H10F3N/c1-19-14-22(27-8-4-21(18-36-27)30(40)38-12-10-24(11-13-38)31(32,33)34)15-23-16-26(41-29(19)23)7-6-25(39)5-2-20-3-9-28(35)37-17-20;1-15-10-18(22-8-4-17(14-27-22)25(30)31)11-19-12-21(32-24(15)19)7-6-20(29)5-2-16-3-9-23(26)28-13-16;7-6(8,9)5-1-3-10-4-2-5/h2-5,8-9,14-18,24H,6-7,10-13H2,1H3,(H2,35,37);2-5,8-14H,6-7H2,1H3,(H2,26,28)(H,30,31);5,10H,1-4H2/b2*5-2+;. The van der Waals surface area contributed by atoms with Crippen molar-refractivity contribution in [2.45, 2.75) is 77.6 Å². The van der Waals surface area contributed by atoms with Gasteiger partial charge in [-0.2, -0.15) is 26.3 Å². The van der Waals surface area contributed by atoms with Gasteiger partial charge >= 0.3 is 18.3 Å². The third-order valence-electron chi connectivity index (χ3n) is 14.1. The number of nitrogen functional groups attached to an aromatic ring is 2. The van der Waals surface area contributed by atoms with Crippen molar-refractivity contribution in [1.82, 2.24) is 30.2 Å². The van der Waals surface area contributed by atoms with Gasteiger partial charge < -0.3 is 35.6 Å². The first kappa shape index (κ1) is 60.1. The van der Waals surface area contributed by atoms with Crippen LogP contribution in [0, 0.1) is 25.7 Å². The number of alkyl halides is 6. The summed E-state index contributed by atoms with van der Waals surface area (Å²) in [6, 6.07) is 25.2. The van der Waals surface area contributed by atoms with Gasteiger partial charge in [-0.3, -0.25) is 24.4 Å². The molecule has 6 aromatic heterocycles. The molecule has 2 fully saturated rings. The Morgan fingerprint density at radius 1 is 0.602 bits per heavy atom. The molecule has 2 aliphatic rings. The van der Waals surface area contributed by atoms with E-state index in [0.29, 0.717) is 66.7 Å². The number of nitrogens with zero attached hydrogens (tertiary/aromatic N) is 5. The summed E-state index contributed by atoms with van der Waals surface area (Å²) >= 11 is 0. The molecule has 0 saturated carbocycles. The Bertz CT molecular complexity index is 3620. The first-order valence-corrected chi connectivity index (χ1v) is 26.8. The highest BCUT2D eigenvalue weighted by molar-refractivity contribution is 5.96. The van der Waals surface area contributed by atoms with E-state index in [9.17, 15) is 45.5 Å². The molecule has 1 amide bonds. The van der Waals surface area contributed by atoms with Crippen molar-refractivity contribution in [2.75, 3.05) is 37.6 Å². The molecule has 432 valence electrons. The predicted octanol–water partition coefficient (Wildman–Crippen LogP) is 12.7. The summed E-state index contributed by atoms with van der Waals surface area (Å²) in [5.41, 5.74) is 19.6. The number of aromatic carboxylic acids is 1. The number of halogens is 6. The summed E-state index contributed by atoms with van der Waals surface area (Å²) in [6.07, 6.45) is 6.15. The van der Waals surface area contributed by atoms with Crippen molar-refractivity contribution in [3.63, 3.8) is 0 Å². The summed E-state index contributed by atoms with van der Waals surface area (Å²) in [7, 11) is 0. The van der Waals surface area contributed by atoms with Gasteiger partial charge in [0.15, 0.2) is 11.6 Å². The van der Waals surface area contributed by atoms with Gasteiger partial charge in [0.25, 0.3) is 5.91 Å². The molecular weight excluding hydrogens is 1080 g/mol. The maximum Gasteiger partial charge on any atom is 0.391 e. The molecule has 2 aliphatic heterocycles. The van der Waals surface area contributed by atoms with Gasteiger partial charge in [0.05, 0.1) is 34.4 Å². The lowest BCUT2D eigenvalue weighted by molar-refractivity contribution is -0.183. The zero-order chi connectivity index (χ0) is 59.4. The van der Waals surface area contributed by atoms with E-state index < -0.39 is 30.2 Å². The van der Waals surface area contributed by atoms with Crippen LogP contribution in [0.5, 0.6) is 0 Å². The van der Waals surface area contributed by atoms with E-state index in [4.69, 9.17) is 25.4 Å². The number of piperidine rings is 2. The van der Waals surface area contributed by atoms with Gasteiger partial charge in [-0.1, -0.05) is 0 Å². The Morgan fingerprint density at radius 2 is 1.05 bits per heavy atom. The van der Waals surface area contributed by atoms with E-state index in [2.05, 4.69) is 25.3 Å². The van der Waals surface area contributed by atoms with Crippen molar-refractivity contribution < 1.29 is 59.5 Å². The number of carboxylic acids is 1. The lowest BCUT2D eigenvalue weighted by atomic mass is 9.96. The van der Waals surface area contributed by atoms with Gasteiger partial charge in [-0.25, -0.2) is 14.8 Å². The second-order valence-corrected chi connectivity index (χ2v) is 20.3. The Labute approximate surface area is 473 Å². The largest absolute Gasteiger partial charge is 0.478 e. The molecule has 0 unspecified atom stereocenters. The number of carbonyl (C=O) groups is 4. The quantitative estimate of drug-likeness (QED) is 0.0586. The lowest BCUT2D eigenvalue weighted by Crippen LogP contribution is -2.42. The lowest BCUT2D eigenvalue weighted by Gasteiger charge is -2.32. The van der Waals surface area contributed by atoms with Crippen LogP contribution in [0.4, 0.5) is 38.0 Å². The van der Waals surface area contributed by atoms with Crippen LogP contribution < -0.4 is 16.8 Å². The first-order chi connectivity index (χ1) is 39.6. The van der Waals surface area contributed by atoms with Crippen LogP contribution in [0.3, 0.4) is 0 Å². The maximum atomic E-state index is 12.9. The van der Waals surface area contributed by atoms with Crippen LogP contribution in [-0.2, 0) is 22.4 Å². The number of likely N-dealkylation sites (tertiary alicyclic amines) is 1. The predicted molar refractivity (Wildman–Crippen MR) is 304 cm³/mol. The number of fused-ring (bicyclic) bond motifs is 2. The number of hydrogen-bond donors (Lipinski definition) is 4. The molecular formula is C62H60F6N8O7. The maximum absolute atomic E-state index is 12.9. The number of aromatic nitrogens is 4. The SMILES string of the molecule is Cc1cc(-c2ccc(C(=O)N3CCC(C(F)(F)F)CC3)cn2)cc2cc(CCC(=O)/C=C/c3ccc(N)nc3)oc12.Cc1cc(-c2ccc(C(=O)O)cn2)cc2cc(CCC(=O)/C=C/c3ccc(N)nc3)oc12.FC(F)(F)C1CCNCC1. The molecule has 21 heteroatoms. The molecule has 2 aromatic carbocycles. The average Bonchev–Trinajstić information content (AvgIpc) is 3.71. The van der Waals surface area contributed by atoms with Crippen LogP contribution in [0.15, 0.2) is 131 Å². The third-order valence-corrected chi connectivity index (χ3v) is 14.1. The van der Waals surface area contributed by atoms with Crippen molar-refractivity contribution >= 4 is 69.2 Å². The highest BCUT2D eigenvalue weighted by Crippen LogP contribution is 2.36. The number of benzene rings is 2. The number of nitrogens with one attached hydrogen (secondary N) is 1. The van der Waals surface area contributed by atoms with Crippen molar-refractivity contribution in [1.29, 1.82) is 0 Å².